The highest BCUT2D eigenvalue weighted by molar-refractivity contribution is 5.91. The standard InChI is InChI=1S/C13H16O4/c1-3-9-6-5-7-11(10(9)4-2)17-13(16)8-12(14)15/h5-7H,3-4,8H2,1-2H3,(H,14,15). The predicted molar refractivity (Wildman–Crippen MR) is 63.1 cm³/mol. The summed E-state index contributed by atoms with van der Waals surface area (Å²) in [5.74, 6) is -1.45. The maximum Gasteiger partial charge on any atom is 0.322 e. The lowest BCUT2D eigenvalue weighted by Crippen LogP contribution is -2.14. The number of carboxylic acid groups (broad SMARTS) is 1. The van der Waals surface area contributed by atoms with E-state index in [1.54, 1.807) is 12.1 Å². The normalized spacial score (nSPS) is 10.0. The first kappa shape index (κ1) is 13.2. The highest BCUT2D eigenvalue weighted by Gasteiger charge is 2.13. The number of benzene rings is 1. The molecule has 92 valence electrons. The molecular formula is C13H16O4. The summed E-state index contributed by atoms with van der Waals surface area (Å²) in [5, 5.41) is 8.49. The van der Waals surface area contributed by atoms with Crippen molar-refractivity contribution in [3.8, 4) is 5.75 Å². The second kappa shape index (κ2) is 6.03. The minimum Gasteiger partial charge on any atom is -0.481 e. The maximum absolute atomic E-state index is 11.3. The fourth-order valence-corrected chi connectivity index (χ4v) is 1.72. The molecule has 0 atom stereocenters. The number of ether oxygens (including phenoxy) is 1. The van der Waals surface area contributed by atoms with E-state index in [0.717, 1.165) is 24.0 Å². The van der Waals surface area contributed by atoms with E-state index < -0.39 is 18.4 Å². The van der Waals surface area contributed by atoms with Crippen molar-refractivity contribution in [1.82, 2.24) is 0 Å². The van der Waals surface area contributed by atoms with Gasteiger partial charge in [0.2, 0.25) is 0 Å². The monoisotopic (exact) mass is 236 g/mol. The number of aliphatic carboxylic acids is 1. The molecule has 1 N–H and O–H groups in total. The van der Waals surface area contributed by atoms with Gasteiger partial charge >= 0.3 is 11.9 Å². The molecular weight excluding hydrogens is 220 g/mol. The van der Waals surface area contributed by atoms with E-state index in [0.29, 0.717) is 5.75 Å². The molecule has 0 unspecified atom stereocenters. The number of carbonyl (C=O) groups is 2. The maximum atomic E-state index is 11.3. The van der Waals surface area contributed by atoms with E-state index in [1.165, 1.54) is 0 Å². The average Bonchev–Trinajstić information content (AvgIpc) is 2.27. The third kappa shape index (κ3) is 3.59. The molecule has 0 aliphatic rings. The molecule has 0 aromatic heterocycles. The largest absolute Gasteiger partial charge is 0.481 e. The molecule has 0 heterocycles. The Morgan fingerprint density at radius 2 is 1.94 bits per heavy atom. The Hall–Kier alpha value is -1.84. The molecule has 0 bridgehead atoms. The zero-order valence-electron chi connectivity index (χ0n) is 10.0. The summed E-state index contributed by atoms with van der Waals surface area (Å²) in [5.41, 5.74) is 2.09. The third-order valence-electron chi connectivity index (χ3n) is 2.48. The number of rotatable bonds is 5. The molecule has 0 fully saturated rings. The van der Waals surface area contributed by atoms with Crippen LogP contribution in [0.15, 0.2) is 18.2 Å². The van der Waals surface area contributed by atoms with Gasteiger partial charge in [0.05, 0.1) is 0 Å². The van der Waals surface area contributed by atoms with Crippen molar-refractivity contribution < 1.29 is 19.4 Å². The first-order valence-corrected chi connectivity index (χ1v) is 5.61. The van der Waals surface area contributed by atoms with Crippen LogP contribution in [0.4, 0.5) is 0 Å². The van der Waals surface area contributed by atoms with Crippen LogP contribution in [0.5, 0.6) is 5.75 Å². The third-order valence-corrected chi connectivity index (χ3v) is 2.48. The van der Waals surface area contributed by atoms with Crippen LogP contribution >= 0.6 is 0 Å². The van der Waals surface area contributed by atoms with Crippen LogP contribution in [0.3, 0.4) is 0 Å². The van der Waals surface area contributed by atoms with Crippen LogP contribution in [-0.2, 0) is 22.4 Å². The van der Waals surface area contributed by atoms with Crippen molar-refractivity contribution in [3.05, 3.63) is 29.3 Å². The number of hydrogen-bond donors (Lipinski definition) is 1. The zero-order valence-corrected chi connectivity index (χ0v) is 10.0. The van der Waals surface area contributed by atoms with E-state index in [2.05, 4.69) is 0 Å². The SMILES string of the molecule is CCc1cccc(OC(=O)CC(=O)O)c1CC. The van der Waals surface area contributed by atoms with Crippen molar-refractivity contribution in [2.24, 2.45) is 0 Å². The molecule has 0 saturated carbocycles. The Bertz CT molecular complexity index is 423. The van der Waals surface area contributed by atoms with Crippen molar-refractivity contribution in [2.75, 3.05) is 0 Å². The second-order valence-electron chi connectivity index (χ2n) is 3.65. The van der Waals surface area contributed by atoms with Gasteiger partial charge in [0.1, 0.15) is 12.2 Å². The molecule has 4 heteroatoms. The van der Waals surface area contributed by atoms with Gasteiger partial charge in [-0.2, -0.15) is 0 Å². The molecule has 1 aromatic carbocycles. The summed E-state index contributed by atoms with van der Waals surface area (Å²) in [6.45, 7) is 4.00. The molecule has 4 nitrogen and oxygen atoms in total. The second-order valence-corrected chi connectivity index (χ2v) is 3.65. The minimum absolute atomic E-state index is 0.470. The van der Waals surface area contributed by atoms with Crippen LogP contribution in [-0.4, -0.2) is 17.0 Å². The summed E-state index contributed by atoms with van der Waals surface area (Å²) < 4.78 is 5.07. The Balaban J connectivity index is 2.90. The van der Waals surface area contributed by atoms with Gasteiger partial charge in [0.15, 0.2) is 0 Å². The smallest absolute Gasteiger partial charge is 0.322 e. The molecule has 0 radical (unpaired) electrons. The van der Waals surface area contributed by atoms with Gasteiger partial charge in [-0.3, -0.25) is 9.59 Å². The van der Waals surface area contributed by atoms with Gasteiger partial charge in [-0.1, -0.05) is 26.0 Å². The number of hydrogen-bond acceptors (Lipinski definition) is 3. The van der Waals surface area contributed by atoms with Gasteiger partial charge in [-0.05, 0) is 30.0 Å². The van der Waals surface area contributed by atoms with Gasteiger partial charge in [-0.25, -0.2) is 0 Å². The summed E-state index contributed by atoms with van der Waals surface area (Å²) in [6, 6.07) is 5.48. The molecule has 1 rings (SSSR count). The van der Waals surface area contributed by atoms with Crippen molar-refractivity contribution in [2.45, 2.75) is 33.1 Å². The first-order chi connectivity index (χ1) is 8.08. The van der Waals surface area contributed by atoms with Gasteiger partial charge < -0.3 is 9.84 Å². The van der Waals surface area contributed by atoms with Crippen molar-refractivity contribution in [3.63, 3.8) is 0 Å². The lowest BCUT2D eigenvalue weighted by atomic mass is 10.0. The molecule has 17 heavy (non-hydrogen) atoms. The Kier molecular flexibility index (Phi) is 4.69. The highest BCUT2D eigenvalue weighted by atomic mass is 16.5. The van der Waals surface area contributed by atoms with Gasteiger partial charge in [-0.15, -0.1) is 0 Å². The number of aryl methyl sites for hydroxylation is 1. The number of carboxylic acids is 1. The molecule has 0 saturated heterocycles. The minimum atomic E-state index is -1.18. The topological polar surface area (TPSA) is 63.6 Å². The molecule has 0 aliphatic carbocycles. The van der Waals surface area contributed by atoms with E-state index >= 15 is 0 Å². The van der Waals surface area contributed by atoms with Crippen LogP contribution in [0.25, 0.3) is 0 Å². The van der Waals surface area contributed by atoms with Crippen molar-refractivity contribution >= 4 is 11.9 Å². The van der Waals surface area contributed by atoms with Crippen LogP contribution in [0.1, 0.15) is 31.4 Å². The summed E-state index contributed by atoms with van der Waals surface area (Å²) >= 11 is 0. The molecule has 0 aliphatic heterocycles. The fourth-order valence-electron chi connectivity index (χ4n) is 1.72. The number of esters is 1. The molecule has 0 spiro atoms. The van der Waals surface area contributed by atoms with Crippen LogP contribution in [0, 0.1) is 0 Å². The summed E-state index contributed by atoms with van der Waals surface area (Å²) in [4.78, 5) is 21.7. The van der Waals surface area contributed by atoms with Gasteiger partial charge in [0.25, 0.3) is 0 Å². The van der Waals surface area contributed by atoms with Crippen LogP contribution < -0.4 is 4.74 Å². The average molecular weight is 236 g/mol. The Morgan fingerprint density at radius 1 is 1.24 bits per heavy atom. The lowest BCUT2D eigenvalue weighted by molar-refractivity contribution is -0.145. The van der Waals surface area contributed by atoms with Gasteiger partial charge in [0, 0.05) is 0 Å². The first-order valence-electron chi connectivity index (χ1n) is 5.61. The van der Waals surface area contributed by atoms with E-state index in [1.807, 2.05) is 19.9 Å². The quantitative estimate of drug-likeness (QED) is 0.483. The van der Waals surface area contributed by atoms with E-state index in [9.17, 15) is 9.59 Å². The predicted octanol–water partition coefficient (Wildman–Crippen LogP) is 2.19. The fraction of sp³-hybridized carbons (Fsp3) is 0.385. The summed E-state index contributed by atoms with van der Waals surface area (Å²) in [7, 11) is 0. The zero-order chi connectivity index (χ0) is 12.8. The van der Waals surface area contributed by atoms with E-state index in [4.69, 9.17) is 9.84 Å². The highest BCUT2D eigenvalue weighted by Crippen LogP contribution is 2.24. The van der Waals surface area contributed by atoms with Crippen molar-refractivity contribution in [1.29, 1.82) is 0 Å². The molecule has 1 aromatic rings. The van der Waals surface area contributed by atoms with E-state index in [-0.39, 0.29) is 0 Å². The number of carbonyl (C=O) groups excluding carboxylic acids is 1. The summed E-state index contributed by atoms with van der Waals surface area (Å²) in [6.07, 6.45) is 0.993. The van der Waals surface area contributed by atoms with Crippen LogP contribution in [0.2, 0.25) is 0 Å². The Labute approximate surface area is 100 Å². The molecule has 0 amide bonds. The lowest BCUT2D eigenvalue weighted by Gasteiger charge is -2.11. The Morgan fingerprint density at radius 3 is 2.47 bits per heavy atom.